The van der Waals surface area contributed by atoms with E-state index in [2.05, 4.69) is 87.6 Å². The summed E-state index contributed by atoms with van der Waals surface area (Å²) in [6.45, 7) is 16.2. The molecule has 0 fully saturated rings. The van der Waals surface area contributed by atoms with Gasteiger partial charge in [-0.25, -0.2) is 0 Å². The molecule has 0 spiro atoms. The fourth-order valence-corrected chi connectivity index (χ4v) is 7.73. The molecule has 0 aliphatic rings. The number of unbranched alkanes of at least 4 members (excludes halogenated alkanes) is 29. The molecule has 0 saturated carbocycles. The second kappa shape index (κ2) is 95.3. The van der Waals surface area contributed by atoms with Crippen LogP contribution in [0.3, 0.4) is 0 Å². The van der Waals surface area contributed by atoms with Gasteiger partial charge in [-0.1, -0.05) is 223 Å². The van der Waals surface area contributed by atoms with Gasteiger partial charge < -0.3 is 30.2 Å². The minimum absolute atomic E-state index is 0. The van der Waals surface area contributed by atoms with Crippen molar-refractivity contribution in [3.63, 3.8) is 0 Å². The summed E-state index contributed by atoms with van der Waals surface area (Å²) >= 11 is 2.51. The molecule has 3 unspecified atom stereocenters. The Kier molecular flexibility index (Phi) is 124. The Morgan fingerprint density at radius 1 is 0.551 bits per heavy atom. The number of ether oxygens (including phenoxy) is 2. The maximum atomic E-state index is 9.63. The van der Waals surface area contributed by atoms with Crippen molar-refractivity contribution in [1.29, 1.82) is 0 Å². The van der Waals surface area contributed by atoms with Crippen molar-refractivity contribution < 1.29 is 108 Å². The van der Waals surface area contributed by atoms with Crippen LogP contribution >= 0.6 is 23.8 Å². The van der Waals surface area contributed by atoms with Crippen LogP contribution in [0.15, 0.2) is 12.2 Å². The Hall–Kier alpha value is 1.94. The summed E-state index contributed by atoms with van der Waals surface area (Å²) in [5.74, 6) is 19.5. The zero-order valence-corrected chi connectivity index (χ0v) is 59.7. The first-order valence-corrected chi connectivity index (χ1v) is 32.2. The minimum atomic E-state index is -0.330. The standard InChI is InChI=1S/C24H46O2.C20H36BNS.C12H27NO.C7H12OS.3CH4.3Na/c1-3-4-5-6-7-8-9-10-11-12-13-14-15-16-17-18-19-20-21-24(25)22-23-26-2;1-4-5-6-7-8-9-10-11-12-13-14-15-16-17-18-19-22-20(2,21)23-3;1-3-5-6-7-8-9-10-14-12(4-2)11-13;1-2-3-4-5-6-7-9-8;;;;;;/h24-25H,3-18,21-23H2,1-2H3;15-16,22H,4-10,13-14,17-19H2,1-3H3;12H,3-11,13H2,1-2H3;8H,2-3,6-7H2,1H3;3*1H4;;;/q;;;;;;;3*+1. The van der Waals surface area contributed by atoms with Crippen molar-refractivity contribution in [2.24, 2.45) is 5.73 Å². The molecule has 0 amide bonds. The molecule has 78 heavy (non-hydrogen) atoms. The number of methoxy groups -OCH3 is 1. The van der Waals surface area contributed by atoms with E-state index in [0.29, 0.717) is 26.0 Å². The SMILES string of the molecule is C.C.C.CCCC#CCCSO.CCCCCCCCCCCCCCCCCC#CCC(O)CCOC.CCCCCCCCOC(CC)CN.[B]C(C)(NCCCC=CCCC#CCCCCCCCC)SC.[Na+].[Na+].[Na+]. The van der Waals surface area contributed by atoms with Gasteiger partial charge in [0.2, 0.25) is 0 Å². The summed E-state index contributed by atoms with van der Waals surface area (Å²) in [4.78, 5) is 0. The Morgan fingerprint density at radius 2 is 0.962 bits per heavy atom. The number of hydrogen-bond acceptors (Lipinski definition) is 8. The number of allylic oxidation sites excluding steroid dienone is 2. The first-order valence-electron chi connectivity index (χ1n) is 30.1. The molecule has 0 aliphatic heterocycles. The summed E-state index contributed by atoms with van der Waals surface area (Å²) in [6, 6.07) is 0. The molecule has 0 aromatic carbocycles. The predicted octanol–water partition coefficient (Wildman–Crippen LogP) is 11.1. The number of aliphatic hydroxyl groups excluding tert-OH is 1. The number of hydrogen-bond donors (Lipinski definition) is 4. The third-order valence-electron chi connectivity index (χ3n) is 12.2. The third kappa shape index (κ3) is 103. The van der Waals surface area contributed by atoms with E-state index in [0.717, 1.165) is 95.2 Å². The normalized spacial score (nSPS) is 11.3. The van der Waals surface area contributed by atoms with Gasteiger partial charge in [-0.3, -0.25) is 0 Å². The van der Waals surface area contributed by atoms with Crippen molar-refractivity contribution in [1.82, 2.24) is 5.32 Å². The summed E-state index contributed by atoms with van der Waals surface area (Å²) in [6.07, 6.45) is 55.2. The summed E-state index contributed by atoms with van der Waals surface area (Å²) in [7, 11) is 7.66. The molecule has 0 aliphatic carbocycles. The Bertz CT molecular complexity index is 1240. The summed E-state index contributed by atoms with van der Waals surface area (Å²) in [5, 5.41) is 13.0. The number of aliphatic hydroxyl groups is 1. The van der Waals surface area contributed by atoms with Crippen LogP contribution in [0, 0.1) is 35.5 Å². The largest absolute Gasteiger partial charge is 1.00 e. The first-order chi connectivity index (χ1) is 35.2. The fourth-order valence-electron chi connectivity index (χ4n) is 7.29. The molecule has 0 aromatic heterocycles. The summed E-state index contributed by atoms with van der Waals surface area (Å²) in [5.41, 5.74) is 5.54. The van der Waals surface area contributed by atoms with Gasteiger partial charge >= 0.3 is 88.7 Å². The number of rotatable bonds is 46. The van der Waals surface area contributed by atoms with Crippen molar-refractivity contribution in [2.45, 2.75) is 331 Å². The van der Waals surface area contributed by atoms with Crippen LogP contribution in [-0.4, -0.2) is 79.9 Å². The van der Waals surface area contributed by atoms with E-state index in [4.69, 9.17) is 27.6 Å². The van der Waals surface area contributed by atoms with Crippen LogP contribution in [0.5, 0.6) is 0 Å². The molecule has 12 heteroatoms. The number of nitrogens with one attached hydrogen (secondary N) is 1. The molecule has 0 rings (SSSR count). The number of thioether (sulfide) groups is 1. The third-order valence-corrected chi connectivity index (χ3v) is 13.6. The Morgan fingerprint density at radius 3 is 1.38 bits per heavy atom. The average Bonchev–Trinajstić information content (AvgIpc) is 3.39. The van der Waals surface area contributed by atoms with Crippen LogP contribution in [0.2, 0.25) is 0 Å². The monoisotopic (exact) mass is 1160 g/mol. The Balaban J connectivity index is -0.000000102. The number of nitrogens with two attached hydrogens (primary N) is 1. The van der Waals surface area contributed by atoms with Gasteiger partial charge in [0.05, 0.1) is 12.2 Å². The van der Waals surface area contributed by atoms with E-state index < -0.39 is 0 Å². The Labute approximate surface area is 568 Å². The van der Waals surface area contributed by atoms with Crippen molar-refractivity contribution in [3.8, 4) is 35.5 Å². The van der Waals surface area contributed by atoms with Gasteiger partial charge in [-0.05, 0) is 89.6 Å². The van der Waals surface area contributed by atoms with E-state index in [9.17, 15) is 5.11 Å². The molecule has 0 aromatic rings. The molecule has 0 saturated heterocycles. The molecular weight excluding hydrogens is 1030 g/mol. The molecule has 3 atom stereocenters. The van der Waals surface area contributed by atoms with Crippen molar-refractivity contribution in [2.75, 3.05) is 45.4 Å². The van der Waals surface area contributed by atoms with Gasteiger partial charge in [-0.15, -0.1) is 35.5 Å². The van der Waals surface area contributed by atoms with E-state index in [1.807, 2.05) is 13.2 Å². The molecule has 446 valence electrons. The van der Waals surface area contributed by atoms with Crippen molar-refractivity contribution in [3.05, 3.63) is 12.2 Å². The van der Waals surface area contributed by atoms with Crippen LogP contribution in [-0.2, 0) is 9.47 Å². The van der Waals surface area contributed by atoms with Gasteiger partial charge in [0, 0.05) is 75.9 Å². The van der Waals surface area contributed by atoms with Crippen molar-refractivity contribution >= 4 is 31.7 Å². The van der Waals surface area contributed by atoms with E-state index in [1.165, 1.54) is 173 Å². The van der Waals surface area contributed by atoms with Crippen LogP contribution < -0.4 is 99.7 Å². The zero-order chi connectivity index (χ0) is 54.0. The quantitative estimate of drug-likeness (QED) is 0.0120. The van der Waals surface area contributed by atoms with E-state index >= 15 is 0 Å². The molecule has 6 nitrogen and oxygen atoms in total. The molecule has 0 bridgehead atoms. The first kappa shape index (κ1) is 102. The minimum Gasteiger partial charge on any atom is -0.392 e. The topological polar surface area (TPSA) is 97.0 Å². The molecular formula is C66H133BN2Na3O4S2+3. The van der Waals surface area contributed by atoms with E-state index in [-0.39, 0.29) is 128 Å². The molecule has 2 radical (unpaired) electrons. The molecule has 5 N–H and O–H groups in total. The fraction of sp³-hybridized carbons (Fsp3) is 0.879. The van der Waals surface area contributed by atoms with Gasteiger partial charge in [0.25, 0.3) is 0 Å². The second-order valence-electron chi connectivity index (χ2n) is 19.5. The average molecular weight is 1160 g/mol. The van der Waals surface area contributed by atoms with Crippen LogP contribution in [0.4, 0.5) is 0 Å². The second-order valence-corrected chi connectivity index (χ2v) is 21.5. The van der Waals surface area contributed by atoms with Crippen LogP contribution in [0.25, 0.3) is 0 Å². The van der Waals surface area contributed by atoms with Gasteiger partial charge in [0.15, 0.2) is 0 Å². The van der Waals surface area contributed by atoms with Crippen LogP contribution in [0.1, 0.15) is 314 Å². The van der Waals surface area contributed by atoms with E-state index in [1.54, 1.807) is 18.9 Å². The predicted molar refractivity (Wildman–Crippen MR) is 349 cm³/mol. The zero-order valence-electron chi connectivity index (χ0n) is 52.1. The molecule has 0 heterocycles. The maximum Gasteiger partial charge on any atom is 1.00 e. The van der Waals surface area contributed by atoms with Gasteiger partial charge in [-0.2, -0.15) is 11.8 Å². The maximum absolute atomic E-state index is 9.63. The van der Waals surface area contributed by atoms with Gasteiger partial charge in [0.1, 0.15) is 7.85 Å². The smallest absolute Gasteiger partial charge is 0.392 e. The summed E-state index contributed by atoms with van der Waals surface area (Å²) < 4.78 is 18.5.